The first-order valence-electron chi connectivity index (χ1n) is 5.14. The summed E-state index contributed by atoms with van der Waals surface area (Å²) in [5, 5.41) is 10.6. The Morgan fingerprint density at radius 1 is 1.59 bits per heavy atom. The molecule has 0 spiro atoms. The molecule has 1 aromatic rings. The van der Waals surface area contributed by atoms with Gasteiger partial charge < -0.3 is 4.74 Å². The van der Waals surface area contributed by atoms with Crippen LogP contribution in [0.3, 0.4) is 0 Å². The average Bonchev–Trinajstić information content (AvgIpc) is 2.71. The van der Waals surface area contributed by atoms with Gasteiger partial charge in [-0.1, -0.05) is 0 Å². The van der Waals surface area contributed by atoms with Crippen LogP contribution >= 0.6 is 0 Å². The van der Waals surface area contributed by atoms with E-state index in [0.29, 0.717) is 17.0 Å². The standard InChI is InChI=1S/C11H10N2O4/c1-2-17-11(14)10-6-7-5-8(13(15)16)3-4-9(7)12-10/h3-5H,2,6H2,1H3. The number of benzene rings is 1. The van der Waals surface area contributed by atoms with Gasteiger partial charge in [-0.3, -0.25) is 10.1 Å². The van der Waals surface area contributed by atoms with Gasteiger partial charge in [0.05, 0.1) is 17.2 Å². The number of nitro benzene ring substituents is 1. The predicted octanol–water partition coefficient (Wildman–Crippen LogP) is 1.79. The number of rotatable bonds is 3. The maximum absolute atomic E-state index is 11.4. The van der Waals surface area contributed by atoms with Gasteiger partial charge in [0, 0.05) is 18.6 Å². The van der Waals surface area contributed by atoms with Crippen molar-refractivity contribution < 1.29 is 14.5 Å². The molecule has 0 N–H and O–H groups in total. The lowest BCUT2D eigenvalue weighted by atomic mass is 10.1. The number of nitrogens with zero attached hydrogens (tertiary/aromatic N) is 2. The van der Waals surface area contributed by atoms with Crippen LogP contribution in [-0.2, 0) is 16.0 Å². The van der Waals surface area contributed by atoms with E-state index in [9.17, 15) is 14.9 Å². The van der Waals surface area contributed by atoms with Crippen LogP contribution in [0, 0.1) is 10.1 Å². The zero-order chi connectivity index (χ0) is 12.4. The van der Waals surface area contributed by atoms with Gasteiger partial charge in [0.2, 0.25) is 0 Å². The smallest absolute Gasteiger partial charge is 0.353 e. The maximum Gasteiger partial charge on any atom is 0.353 e. The van der Waals surface area contributed by atoms with Gasteiger partial charge in [-0.15, -0.1) is 0 Å². The highest BCUT2D eigenvalue weighted by Crippen LogP contribution is 2.30. The van der Waals surface area contributed by atoms with E-state index in [-0.39, 0.29) is 18.7 Å². The minimum atomic E-state index is -0.470. The molecule has 1 heterocycles. The summed E-state index contributed by atoms with van der Waals surface area (Å²) >= 11 is 0. The summed E-state index contributed by atoms with van der Waals surface area (Å²) in [4.78, 5) is 25.7. The Morgan fingerprint density at radius 2 is 2.35 bits per heavy atom. The van der Waals surface area contributed by atoms with Crippen molar-refractivity contribution in [3.05, 3.63) is 33.9 Å². The van der Waals surface area contributed by atoms with Gasteiger partial charge >= 0.3 is 5.97 Å². The summed E-state index contributed by atoms with van der Waals surface area (Å²) in [6.45, 7) is 2.00. The van der Waals surface area contributed by atoms with Crippen molar-refractivity contribution in [2.45, 2.75) is 13.3 Å². The first-order valence-corrected chi connectivity index (χ1v) is 5.14. The fourth-order valence-electron chi connectivity index (χ4n) is 1.63. The second-order valence-corrected chi connectivity index (χ2v) is 3.53. The average molecular weight is 234 g/mol. The summed E-state index contributed by atoms with van der Waals surface area (Å²) in [6.07, 6.45) is 0.288. The molecule has 1 aromatic carbocycles. The van der Waals surface area contributed by atoms with Crippen molar-refractivity contribution >= 4 is 23.1 Å². The molecular weight excluding hydrogens is 224 g/mol. The Balaban J connectivity index is 2.23. The Kier molecular flexibility index (Phi) is 2.86. The third-order valence-electron chi connectivity index (χ3n) is 2.40. The topological polar surface area (TPSA) is 81.8 Å². The Bertz CT molecular complexity index is 522. The maximum atomic E-state index is 11.4. The van der Waals surface area contributed by atoms with Gasteiger partial charge in [-0.2, -0.15) is 0 Å². The van der Waals surface area contributed by atoms with E-state index >= 15 is 0 Å². The highest BCUT2D eigenvalue weighted by molar-refractivity contribution is 6.38. The van der Waals surface area contributed by atoms with E-state index in [1.807, 2.05) is 0 Å². The van der Waals surface area contributed by atoms with Crippen LogP contribution in [-0.4, -0.2) is 23.2 Å². The molecule has 6 heteroatoms. The molecule has 0 saturated heterocycles. The van der Waals surface area contributed by atoms with E-state index in [1.54, 1.807) is 13.0 Å². The monoisotopic (exact) mass is 234 g/mol. The summed E-state index contributed by atoms with van der Waals surface area (Å²) in [7, 11) is 0. The van der Waals surface area contributed by atoms with Gasteiger partial charge in [-0.25, -0.2) is 9.79 Å². The zero-order valence-electron chi connectivity index (χ0n) is 9.17. The van der Waals surface area contributed by atoms with E-state index in [4.69, 9.17) is 4.74 Å². The van der Waals surface area contributed by atoms with Gasteiger partial charge in [-0.05, 0) is 18.6 Å². The lowest BCUT2D eigenvalue weighted by Crippen LogP contribution is -2.17. The molecule has 0 fully saturated rings. The van der Waals surface area contributed by atoms with Crippen molar-refractivity contribution in [2.75, 3.05) is 6.61 Å². The highest BCUT2D eigenvalue weighted by atomic mass is 16.6. The summed E-state index contributed by atoms with van der Waals surface area (Å²) in [6, 6.07) is 4.35. The van der Waals surface area contributed by atoms with E-state index < -0.39 is 10.9 Å². The molecule has 0 aromatic heterocycles. The van der Waals surface area contributed by atoms with Crippen molar-refractivity contribution in [1.29, 1.82) is 0 Å². The van der Waals surface area contributed by atoms with Crippen LogP contribution in [0.1, 0.15) is 12.5 Å². The number of hydrogen-bond acceptors (Lipinski definition) is 5. The number of hydrogen-bond donors (Lipinski definition) is 0. The number of carbonyl (C=O) groups is 1. The van der Waals surface area contributed by atoms with E-state index in [2.05, 4.69) is 4.99 Å². The number of carbonyl (C=O) groups excluding carboxylic acids is 1. The van der Waals surface area contributed by atoms with Gasteiger partial charge in [0.25, 0.3) is 5.69 Å². The van der Waals surface area contributed by atoms with Crippen LogP contribution < -0.4 is 0 Å². The molecule has 1 aliphatic rings. The van der Waals surface area contributed by atoms with Gasteiger partial charge in [0.1, 0.15) is 5.71 Å². The third-order valence-corrected chi connectivity index (χ3v) is 2.40. The van der Waals surface area contributed by atoms with Crippen molar-refractivity contribution in [3.8, 4) is 0 Å². The number of nitro groups is 1. The summed E-state index contributed by atoms with van der Waals surface area (Å²) in [5.41, 5.74) is 1.58. The zero-order valence-corrected chi connectivity index (χ0v) is 9.17. The molecule has 2 rings (SSSR count). The van der Waals surface area contributed by atoms with E-state index in [0.717, 1.165) is 0 Å². The minimum Gasteiger partial charge on any atom is -0.461 e. The lowest BCUT2D eigenvalue weighted by molar-refractivity contribution is -0.384. The summed E-state index contributed by atoms with van der Waals surface area (Å²) < 4.78 is 4.83. The third kappa shape index (κ3) is 2.15. The summed E-state index contributed by atoms with van der Waals surface area (Å²) in [5.74, 6) is -0.466. The van der Waals surface area contributed by atoms with Crippen molar-refractivity contribution in [2.24, 2.45) is 4.99 Å². The molecule has 0 atom stereocenters. The number of fused-ring (bicyclic) bond motifs is 1. The molecule has 0 amide bonds. The molecule has 88 valence electrons. The number of aliphatic imine (C=N–C) groups is 1. The second-order valence-electron chi connectivity index (χ2n) is 3.53. The number of esters is 1. The molecule has 17 heavy (non-hydrogen) atoms. The van der Waals surface area contributed by atoms with Crippen LogP contribution in [0.5, 0.6) is 0 Å². The second kappa shape index (κ2) is 4.32. The largest absolute Gasteiger partial charge is 0.461 e. The van der Waals surface area contributed by atoms with Crippen LogP contribution in [0.2, 0.25) is 0 Å². The number of non-ortho nitro benzene ring substituents is 1. The Hall–Kier alpha value is -2.24. The highest BCUT2D eigenvalue weighted by Gasteiger charge is 2.23. The molecule has 0 saturated carbocycles. The fourth-order valence-corrected chi connectivity index (χ4v) is 1.63. The normalized spacial score (nSPS) is 12.9. The van der Waals surface area contributed by atoms with Crippen molar-refractivity contribution in [1.82, 2.24) is 0 Å². The van der Waals surface area contributed by atoms with Crippen LogP contribution in [0.25, 0.3) is 0 Å². The van der Waals surface area contributed by atoms with Gasteiger partial charge in [0.15, 0.2) is 0 Å². The SMILES string of the molecule is CCOC(=O)C1=Nc2ccc([N+](=O)[O-])cc2C1. The predicted molar refractivity (Wildman–Crippen MR) is 60.5 cm³/mol. The quantitative estimate of drug-likeness (QED) is 0.453. The fraction of sp³-hybridized carbons (Fsp3) is 0.273. The minimum absolute atomic E-state index is 0.00376. The lowest BCUT2D eigenvalue weighted by Gasteiger charge is -1.99. The molecular formula is C11H10N2O4. The number of ether oxygens (including phenoxy) is 1. The van der Waals surface area contributed by atoms with E-state index in [1.165, 1.54) is 12.1 Å². The molecule has 0 bridgehead atoms. The molecule has 0 aliphatic carbocycles. The Morgan fingerprint density at radius 3 is 3.00 bits per heavy atom. The van der Waals surface area contributed by atoms with Crippen LogP contribution in [0.4, 0.5) is 11.4 Å². The molecule has 1 aliphatic heterocycles. The first kappa shape index (κ1) is 11.3. The molecule has 0 radical (unpaired) electrons. The molecule has 6 nitrogen and oxygen atoms in total. The van der Waals surface area contributed by atoms with Crippen LogP contribution in [0.15, 0.2) is 23.2 Å². The van der Waals surface area contributed by atoms with Crippen molar-refractivity contribution in [3.63, 3.8) is 0 Å². The first-order chi connectivity index (χ1) is 8.11. The molecule has 0 unspecified atom stereocenters. The Labute approximate surface area is 97.1 Å².